The van der Waals surface area contributed by atoms with Gasteiger partial charge >= 0.3 is 0 Å². The molecule has 1 amide bonds. The zero-order valence-corrected chi connectivity index (χ0v) is 13.9. The van der Waals surface area contributed by atoms with Gasteiger partial charge in [0.05, 0.1) is 12.9 Å². The molecular weight excluding hydrogens is 308 g/mol. The Bertz CT molecular complexity index is 479. The summed E-state index contributed by atoms with van der Waals surface area (Å²) < 4.78 is 29.7. The number of hydrogen-bond donors (Lipinski definition) is 2. The van der Waals surface area contributed by atoms with Crippen LogP contribution in [0, 0.1) is 11.3 Å². The molecular formula is C14H26N2O5S. The summed E-state index contributed by atoms with van der Waals surface area (Å²) in [7, 11) is -3.16. The van der Waals surface area contributed by atoms with E-state index in [4.69, 9.17) is 4.74 Å². The van der Waals surface area contributed by atoms with Crippen LogP contribution in [-0.4, -0.2) is 69.4 Å². The topological polar surface area (TPSA) is 95.9 Å². The minimum Gasteiger partial charge on any atom is -0.396 e. The molecule has 128 valence electrons. The Morgan fingerprint density at radius 1 is 1.32 bits per heavy atom. The van der Waals surface area contributed by atoms with Gasteiger partial charge in [-0.2, -0.15) is 0 Å². The number of carbonyl (C=O) groups excluding carboxylic acids is 1. The van der Waals surface area contributed by atoms with Gasteiger partial charge < -0.3 is 15.2 Å². The summed E-state index contributed by atoms with van der Waals surface area (Å²) in [5.41, 5.74) is -0.276. The Labute approximate surface area is 132 Å². The highest BCUT2D eigenvalue weighted by Crippen LogP contribution is 2.29. The lowest BCUT2D eigenvalue weighted by atomic mass is 9.81. The monoisotopic (exact) mass is 334 g/mol. The molecule has 2 rings (SSSR count). The van der Waals surface area contributed by atoms with E-state index >= 15 is 0 Å². The molecule has 22 heavy (non-hydrogen) atoms. The summed E-state index contributed by atoms with van der Waals surface area (Å²) in [4.78, 5) is 12.3. The van der Waals surface area contributed by atoms with Crippen LogP contribution in [0.1, 0.15) is 25.7 Å². The summed E-state index contributed by atoms with van der Waals surface area (Å²) in [5, 5.41) is 12.6. The number of carbonyl (C=O) groups is 1. The lowest BCUT2D eigenvalue weighted by Gasteiger charge is -2.36. The predicted octanol–water partition coefficient (Wildman–Crippen LogP) is -0.437. The fraction of sp³-hybridized carbons (Fsp3) is 0.929. The molecule has 0 unspecified atom stereocenters. The summed E-state index contributed by atoms with van der Waals surface area (Å²) in [6.45, 7) is 2.53. The minimum absolute atomic E-state index is 0.0348. The van der Waals surface area contributed by atoms with Gasteiger partial charge in [-0.15, -0.1) is 0 Å². The van der Waals surface area contributed by atoms with Gasteiger partial charge in [0.2, 0.25) is 15.9 Å². The van der Waals surface area contributed by atoms with Gasteiger partial charge in [-0.1, -0.05) is 0 Å². The van der Waals surface area contributed by atoms with Crippen LogP contribution in [0.2, 0.25) is 0 Å². The van der Waals surface area contributed by atoms with E-state index in [9.17, 15) is 18.3 Å². The normalized spacial score (nSPS) is 24.1. The third-order valence-electron chi connectivity index (χ3n) is 4.82. The smallest absolute Gasteiger partial charge is 0.223 e. The van der Waals surface area contributed by atoms with Gasteiger partial charge in [0.15, 0.2) is 0 Å². The minimum atomic E-state index is -3.16. The third kappa shape index (κ3) is 4.41. The number of hydrogen-bond acceptors (Lipinski definition) is 5. The lowest BCUT2D eigenvalue weighted by Crippen LogP contribution is -2.47. The van der Waals surface area contributed by atoms with Crippen molar-refractivity contribution in [3.8, 4) is 0 Å². The third-order valence-corrected chi connectivity index (χ3v) is 6.12. The standard InChI is InChI=1S/C14H26N2O5S/c1-22(19,20)16-6-2-12(3-7-16)13(18)15-10-14(11-17)4-8-21-9-5-14/h12,17H,2-11H2,1H3,(H,15,18). The largest absolute Gasteiger partial charge is 0.396 e. The van der Waals surface area contributed by atoms with E-state index in [1.807, 2.05) is 0 Å². The Balaban J connectivity index is 1.81. The van der Waals surface area contributed by atoms with Crippen LogP contribution in [-0.2, 0) is 19.6 Å². The number of aliphatic hydroxyl groups is 1. The quantitative estimate of drug-likeness (QED) is 0.711. The Kier molecular flexibility index (Phi) is 5.81. The second kappa shape index (κ2) is 7.25. The molecule has 0 spiro atoms. The molecule has 0 aromatic carbocycles. The number of nitrogens with zero attached hydrogens (tertiary/aromatic N) is 1. The van der Waals surface area contributed by atoms with Crippen molar-refractivity contribution >= 4 is 15.9 Å². The SMILES string of the molecule is CS(=O)(=O)N1CCC(C(=O)NCC2(CO)CCOCC2)CC1. The number of ether oxygens (including phenoxy) is 1. The molecule has 0 aromatic rings. The molecule has 7 nitrogen and oxygen atoms in total. The van der Waals surface area contributed by atoms with Gasteiger partial charge in [-0.25, -0.2) is 12.7 Å². The molecule has 0 bridgehead atoms. The molecule has 2 aliphatic rings. The van der Waals surface area contributed by atoms with Gasteiger partial charge in [0, 0.05) is 44.2 Å². The highest BCUT2D eigenvalue weighted by molar-refractivity contribution is 7.88. The zero-order valence-electron chi connectivity index (χ0n) is 13.1. The average molecular weight is 334 g/mol. The molecule has 2 heterocycles. The van der Waals surface area contributed by atoms with Crippen LogP contribution >= 0.6 is 0 Å². The lowest BCUT2D eigenvalue weighted by molar-refractivity contribution is -0.127. The molecule has 2 fully saturated rings. The average Bonchev–Trinajstić information content (AvgIpc) is 2.53. The maximum absolute atomic E-state index is 12.3. The fourth-order valence-electron chi connectivity index (χ4n) is 3.06. The number of amides is 1. The molecule has 0 aliphatic carbocycles. The van der Waals surface area contributed by atoms with Crippen LogP contribution in [0.25, 0.3) is 0 Å². The van der Waals surface area contributed by atoms with E-state index in [1.54, 1.807) is 0 Å². The van der Waals surface area contributed by atoms with Crippen molar-refractivity contribution in [1.82, 2.24) is 9.62 Å². The number of rotatable bonds is 5. The van der Waals surface area contributed by atoms with Gasteiger partial charge in [0.25, 0.3) is 0 Å². The first-order valence-electron chi connectivity index (χ1n) is 7.78. The first kappa shape index (κ1) is 17.7. The summed E-state index contributed by atoms with van der Waals surface area (Å²) in [6.07, 6.45) is 3.79. The molecule has 8 heteroatoms. The predicted molar refractivity (Wildman–Crippen MR) is 81.7 cm³/mol. The van der Waals surface area contributed by atoms with Crippen molar-refractivity contribution < 1.29 is 23.1 Å². The maximum Gasteiger partial charge on any atom is 0.223 e. The first-order valence-corrected chi connectivity index (χ1v) is 9.63. The van der Waals surface area contributed by atoms with Crippen molar-refractivity contribution in [2.45, 2.75) is 25.7 Å². The second-order valence-electron chi connectivity index (χ2n) is 6.42. The van der Waals surface area contributed by atoms with Crippen molar-refractivity contribution in [3.63, 3.8) is 0 Å². The van der Waals surface area contributed by atoms with Crippen molar-refractivity contribution in [3.05, 3.63) is 0 Å². The van der Waals surface area contributed by atoms with Crippen LogP contribution in [0.4, 0.5) is 0 Å². The van der Waals surface area contributed by atoms with Crippen LogP contribution < -0.4 is 5.32 Å². The van der Waals surface area contributed by atoms with Crippen molar-refractivity contribution in [2.75, 3.05) is 45.7 Å². The summed E-state index contributed by atoms with van der Waals surface area (Å²) in [5.74, 6) is -0.180. The zero-order chi connectivity index (χ0) is 16.2. The highest BCUT2D eigenvalue weighted by atomic mass is 32.2. The summed E-state index contributed by atoms with van der Waals surface area (Å²) >= 11 is 0. The molecule has 2 aliphatic heterocycles. The summed E-state index contributed by atoms with van der Waals surface area (Å²) in [6, 6.07) is 0. The van der Waals surface area contributed by atoms with Crippen LogP contribution in [0.15, 0.2) is 0 Å². The van der Waals surface area contributed by atoms with E-state index in [0.29, 0.717) is 45.7 Å². The Morgan fingerprint density at radius 2 is 1.91 bits per heavy atom. The molecule has 0 atom stereocenters. The number of aliphatic hydroxyl groups excluding tert-OH is 1. The van der Waals surface area contributed by atoms with Crippen LogP contribution in [0.5, 0.6) is 0 Å². The molecule has 0 saturated carbocycles. The molecule has 0 aromatic heterocycles. The number of piperidine rings is 1. The number of sulfonamides is 1. The van der Waals surface area contributed by atoms with Crippen molar-refractivity contribution in [2.24, 2.45) is 11.3 Å². The fourth-order valence-corrected chi connectivity index (χ4v) is 3.94. The highest BCUT2D eigenvalue weighted by Gasteiger charge is 2.34. The van der Waals surface area contributed by atoms with E-state index in [0.717, 1.165) is 12.8 Å². The number of nitrogens with one attached hydrogen (secondary N) is 1. The molecule has 2 N–H and O–H groups in total. The Morgan fingerprint density at radius 3 is 2.41 bits per heavy atom. The molecule has 2 saturated heterocycles. The molecule has 0 radical (unpaired) electrons. The van der Waals surface area contributed by atoms with Gasteiger partial charge in [-0.3, -0.25) is 4.79 Å². The van der Waals surface area contributed by atoms with E-state index < -0.39 is 10.0 Å². The van der Waals surface area contributed by atoms with Gasteiger partial charge in [-0.05, 0) is 25.7 Å². The van der Waals surface area contributed by atoms with Crippen molar-refractivity contribution in [1.29, 1.82) is 0 Å². The second-order valence-corrected chi connectivity index (χ2v) is 8.41. The van der Waals surface area contributed by atoms with Gasteiger partial charge in [0.1, 0.15) is 0 Å². The first-order chi connectivity index (χ1) is 10.4. The maximum atomic E-state index is 12.3. The van der Waals surface area contributed by atoms with E-state index in [-0.39, 0.29) is 23.8 Å². The van der Waals surface area contributed by atoms with E-state index in [1.165, 1.54) is 10.6 Å². The Hall–Kier alpha value is -0.700. The van der Waals surface area contributed by atoms with E-state index in [2.05, 4.69) is 5.32 Å². The van der Waals surface area contributed by atoms with Crippen LogP contribution in [0.3, 0.4) is 0 Å².